The summed E-state index contributed by atoms with van der Waals surface area (Å²) in [5, 5.41) is 0.311. The van der Waals surface area contributed by atoms with Crippen LogP contribution in [0.25, 0.3) is 0 Å². The van der Waals surface area contributed by atoms with Gasteiger partial charge in [0, 0.05) is 16.2 Å². The first-order valence-electron chi connectivity index (χ1n) is 6.73. The van der Waals surface area contributed by atoms with Crippen molar-refractivity contribution >= 4 is 11.8 Å². The molecular weight excluding hydrogens is 266 g/mol. The molecule has 0 amide bonds. The number of hydrogen-bond acceptors (Lipinski definition) is 3. The number of thioether (sulfide) groups is 1. The third kappa shape index (κ3) is 3.78. The van der Waals surface area contributed by atoms with Crippen LogP contribution in [0.5, 0.6) is 5.75 Å². The van der Waals surface area contributed by atoms with E-state index in [2.05, 4.69) is 50.2 Å². The van der Waals surface area contributed by atoms with Crippen LogP contribution in [0.15, 0.2) is 53.4 Å². The van der Waals surface area contributed by atoms with Gasteiger partial charge in [-0.1, -0.05) is 36.8 Å². The summed E-state index contributed by atoms with van der Waals surface area (Å²) in [6.07, 6.45) is 0. The highest BCUT2D eigenvalue weighted by molar-refractivity contribution is 8.00. The second-order valence-electron chi connectivity index (χ2n) is 4.93. The van der Waals surface area contributed by atoms with E-state index in [1.807, 2.05) is 12.1 Å². The summed E-state index contributed by atoms with van der Waals surface area (Å²) in [5.41, 5.74) is 8.79. The van der Waals surface area contributed by atoms with Crippen molar-refractivity contribution < 1.29 is 4.74 Å². The Morgan fingerprint density at radius 3 is 2.15 bits per heavy atom. The maximum Gasteiger partial charge on any atom is 0.118 e. The van der Waals surface area contributed by atoms with Crippen LogP contribution in [-0.2, 0) is 0 Å². The minimum absolute atomic E-state index is 0.0303. The van der Waals surface area contributed by atoms with Gasteiger partial charge < -0.3 is 10.5 Å². The molecule has 0 aliphatic heterocycles. The van der Waals surface area contributed by atoms with Crippen LogP contribution in [0.2, 0.25) is 0 Å². The normalized spacial score (nSPS) is 13.8. The molecule has 0 saturated heterocycles. The summed E-state index contributed by atoms with van der Waals surface area (Å²) in [7, 11) is 1.68. The van der Waals surface area contributed by atoms with E-state index in [-0.39, 0.29) is 6.04 Å². The van der Waals surface area contributed by atoms with Crippen LogP contribution in [0, 0.1) is 6.92 Å². The second kappa shape index (κ2) is 6.82. The molecule has 3 heteroatoms. The van der Waals surface area contributed by atoms with E-state index >= 15 is 0 Å². The van der Waals surface area contributed by atoms with Crippen molar-refractivity contribution in [1.82, 2.24) is 0 Å². The first kappa shape index (κ1) is 14.9. The van der Waals surface area contributed by atoms with E-state index < -0.39 is 0 Å². The van der Waals surface area contributed by atoms with Crippen molar-refractivity contribution in [1.29, 1.82) is 0 Å². The standard InChI is InChI=1S/C17H21NOS/c1-12-4-6-14(7-5-12)17(18)13(2)20-16-10-8-15(19-3)9-11-16/h4-11,13,17H,18H2,1-3H3. The smallest absolute Gasteiger partial charge is 0.118 e. The zero-order valence-electron chi connectivity index (χ0n) is 12.2. The molecule has 2 aromatic rings. The lowest BCUT2D eigenvalue weighted by molar-refractivity contribution is 0.414. The maximum absolute atomic E-state index is 6.35. The van der Waals surface area contributed by atoms with Gasteiger partial charge in [-0.25, -0.2) is 0 Å². The zero-order chi connectivity index (χ0) is 14.5. The predicted molar refractivity (Wildman–Crippen MR) is 86.4 cm³/mol. The second-order valence-corrected chi connectivity index (χ2v) is 6.39. The Bertz CT molecular complexity index is 536. The van der Waals surface area contributed by atoms with Gasteiger partial charge in [0.1, 0.15) is 5.75 Å². The Morgan fingerprint density at radius 1 is 1.00 bits per heavy atom. The average Bonchev–Trinajstić information content (AvgIpc) is 2.48. The van der Waals surface area contributed by atoms with E-state index in [9.17, 15) is 0 Å². The number of ether oxygens (including phenoxy) is 1. The van der Waals surface area contributed by atoms with E-state index in [4.69, 9.17) is 10.5 Å². The molecule has 20 heavy (non-hydrogen) atoms. The first-order valence-corrected chi connectivity index (χ1v) is 7.61. The Labute approximate surface area is 125 Å². The van der Waals surface area contributed by atoms with Gasteiger partial charge >= 0.3 is 0 Å². The minimum atomic E-state index is 0.0303. The van der Waals surface area contributed by atoms with Gasteiger partial charge in [0.15, 0.2) is 0 Å². The van der Waals surface area contributed by atoms with Crippen LogP contribution in [0.1, 0.15) is 24.1 Å². The van der Waals surface area contributed by atoms with Crippen LogP contribution < -0.4 is 10.5 Å². The van der Waals surface area contributed by atoms with Gasteiger partial charge in [-0.3, -0.25) is 0 Å². The summed E-state index contributed by atoms with van der Waals surface area (Å²) in [6, 6.07) is 16.6. The molecule has 2 aromatic carbocycles. The monoisotopic (exact) mass is 287 g/mol. The molecule has 0 heterocycles. The molecule has 2 unspecified atom stereocenters. The van der Waals surface area contributed by atoms with Crippen LogP contribution in [-0.4, -0.2) is 12.4 Å². The molecule has 0 radical (unpaired) electrons. The van der Waals surface area contributed by atoms with Gasteiger partial charge in [0.2, 0.25) is 0 Å². The molecule has 0 spiro atoms. The van der Waals surface area contributed by atoms with Crippen molar-refractivity contribution in [2.24, 2.45) is 5.73 Å². The van der Waals surface area contributed by atoms with Gasteiger partial charge in [-0.2, -0.15) is 0 Å². The third-order valence-corrected chi connectivity index (χ3v) is 4.56. The molecule has 2 atom stereocenters. The summed E-state index contributed by atoms with van der Waals surface area (Å²) < 4.78 is 5.17. The van der Waals surface area contributed by atoms with Crippen LogP contribution >= 0.6 is 11.8 Å². The molecule has 0 bridgehead atoms. The fourth-order valence-corrected chi connectivity index (χ4v) is 3.03. The number of methoxy groups -OCH3 is 1. The lowest BCUT2D eigenvalue weighted by Crippen LogP contribution is -2.20. The highest BCUT2D eigenvalue weighted by Gasteiger charge is 2.16. The highest BCUT2D eigenvalue weighted by Crippen LogP contribution is 2.31. The quantitative estimate of drug-likeness (QED) is 0.838. The average molecular weight is 287 g/mol. The van der Waals surface area contributed by atoms with Crippen molar-refractivity contribution in [2.45, 2.75) is 30.0 Å². The summed E-state index contributed by atoms with van der Waals surface area (Å²) in [5.74, 6) is 0.879. The third-order valence-electron chi connectivity index (χ3n) is 3.35. The topological polar surface area (TPSA) is 35.2 Å². The van der Waals surface area contributed by atoms with Gasteiger partial charge in [-0.15, -0.1) is 11.8 Å². The molecule has 2 nitrogen and oxygen atoms in total. The number of hydrogen-bond donors (Lipinski definition) is 1. The number of rotatable bonds is 5. The van der Waals surface area contributed by atoms with Crippen LogP contribution in [0.4, 0.5) is 0 Å². The fraction of sp³-hybridized carbons (Fsp3) is 0.294. The zero-order valence-corrected chi connectivity index (χ0v) is 13.0. The number of benzene rings is 2. The Morgan fingerprint density at radius 2 is 1.60 bits per heavy atom. The number of aryl methyl sites for hydroxylation is 1. The van der Waals surface area contributed by atoms with E-state index in [1.54, 1.807) is 18.9 Å². The lowest BCUT2D eigenvalue weighted by Gasteiger charge is -2.20. The SMILES string of the molecule is COc1ccc(SC(C)C(N)c2ccc(C)cc2)cc1. The molecule has 106 valence electrons. The van der Waals surface area contributed by atoms with Gasteiger partial charge in [-0.05, 0) is 36.8 Å². The molecule has 0 aliphatic rings. The maximum atomic E-state index is 6.35. The van der Waals surface area contributed by atoms with Crippen molar-refractivity contribution in [3.8, 4) is 5.75 Å². The van der Waals surface area contributed by atoms with Crippen molar-refractivity contribution in [3.63, 3.8) is 0 Å². The lowest BCUT2D eigenvalue weighted by atomic mass is 10.0. The minimum Gasteiger partial charge on any atom is -0.497 e. The molecule has 0 aliphatic carbocycles. The predicted octanol–water partition coefficient (Wildman–Crippen LogP) is 4.18. The molecule has 2 N–H and O–H groups in total. The molecule has 0 aromatic heterocycles. The summed E-state index contributed by atoms with van der Waals surface area (Å²) in [4.78, 5) is 1.21. The highest BCUT2D eigenvalue weighted by atomic mass is 32.2. The Balaban J connectivity index is 2.02. The largest absolute Gasteiger partial charge is 0.497 e. The van der Waals surface area contributed by atoms with Gasteiger partial charge in [0.05, 0.1) is 7.11 Å². The van der Waals surface area contributed by atoms with Gasteiger partial charge in [0.25, 0.3) is 0 Å². The van der Waals surface area contributed by atoms with E-state index in [0.717, 1.165) is 5.75 Å². The number of nitrogens with two attached hydrogens (primary N) is 1. The van der Waals surface area contributed by atoms with Crippen LogP contribution in [0.3, 0.4) is 0 Å². The molecule has 2 rings (SSSR count). The molecule has 0 fully saturated rings. The van der Waals surface area contributed by atoms with Crippen molar-refractivity contribution in [3.05, 3.63) is 59.7 Å². The summed E-state index contributed by atoms with van der Waals surface area (Å²) >= 11 is 1.79. The van der Waals surface area contributed by atoms with E-state index in [0.29, 0.717) is 5.25 Å². The Hall–Kier alpha value is -1.45. The molecule has 0 saturated carbocycles. The van der Waals surface area contributed by atoms with E-state index in [1.165, 1.54) is 16.0 Å². The first-order chi connectivity index (χ1) is 9.60. The molecular formula is C17H21NOS. The Kier molecular flexibility index (Phi) is 5.10. The summed E-state index contributed by atoms with van der Waals surface area (Å²) in [6.45, 7) is 4.25. The van der Waals surface area contributed by atoms with Crippen molar-refractivity contribution in [2.75, 3.05) is 7.11 Å². The fourth-order valence-electron chi connectivity index (χ4n) is 2.00.